The molecule has 14 heavy (non-hydrogen) atoms. The van der Waals surface area contributed by atoms with Crippen LogP contribution in [0.15, 0.2) is 4.47 Å². The van der Waals surface area contributed by atoms with Crippen molar-refractivity contribution >= 4 is 31.9 Å². The Kier molecular flexibility index (Phi) is 4.64. The molecular formula is C10H16Br2N2. The minimum atomic E-state index is 0.720. The highest BCUT2D eigenvalue weighted by molar-refractivity contribution is 9.10. The summed E-state index contributed by atoms with van der Waals surface area (Å²) in [4.78, 5) is 0. The first kappa shape index (κ1) is 12.2. The average molecular weight is 324 g/mol. The van der Waals surface area contributed by atoms with Gasteiger partial charge in [-0.2, -0.15) is 5.10 Å². The second kappa shape index (κ2) is 5.31. The number of nitrogens with zero attached hydrogens (tertiary/aromatic N) is 2. The summed E-state index contributed by atoms with van der Waals surface area (Å²) < 4.78 is 3.14. The van der Waals surface area contributed by atoms with E-state index in [0.29, 0.717) is 0 Å². The van der Waals surface area contributed by atoms with Crippen molar-refractivity contribution in [3.63, 3.8) is 0 Å². The van der Waals surface area contributed by atoms with Crippen LogP contribution < -0.4 is 0 Å². The Morgan fingerprint density at radius 2 is 2.14 bits per heavy atom. The zero-order valence-electron chi connectivity index (χ0n) is 8.85. The van der Waals surface area contributed by atoms with E-state index in [2.05, 4.69) is 43.9 Å². The van der Waals surface area contributed by atoms with Gasteiger partial charge in [0.1, 0.15) is 0 Å². The monoisotopic (exact) mass is 322 g/mol. The van der Waals surface area contributed by atoms with Crippen LogP contribution in [0.5, 0.6) is 0 Å². The van der Waals surface area contributed by atoms with E-state index in [-0.39, 0.29) is 0 Å². The normalized spacial score (nSPS) is 13.2. The van der Waals surface area contributed by atoms with Crippen molar-refractivity contribution in [2.24, 2.45) is 13.0 Å². The van der Waals surface area contributed by atoms with Gasteiger partial charge in [0.2, 0.25) is 0 Å². The summed E-state index contributed by atoms with van der Waals surface area (Å²) in [6, 6.07) is 0. The van der Waals surface area contributed by atoms with Gasteiger partial charge in [-0.1, -0.05) is 22.9 Å². The van der Waals surface area contributed by atoms with Crippen molar-refractivity contribution in [1.29, 1.82) is 0 Å². The Balaban J connectivity index is 2.67. The number of hydrogen-bond acceptors (Lipinski definition) is 1. The van der Waals surface area contributed by atoms with E-state index in [1.165, 1.54) is 16.6 Å². The largest absolute Gasteiger partial charge is 0.271 e. The van der Waals surface area contributed by atoms with Gasteiger partial charge in [0, 0.05) is 12.4 Å². The molecule has 1 aromatic heterocycles. The van der Waals surface area contributed by atoms with E-state index in [9.17, 15) is 0 Å². The highest BCUT2D eigenvalue weighted by Gasteiger charge is 2.11. The summed E-state index contributed by atoms with van der Waals surface area (Å²) in [7, 11) is 2.01. The van der Waals surface area contributed by atoms with Crippen molar-refractivity contribution in [3.05, 3.63) is 15.9 Å². The molecule has 0 radical (unpaired) electrons. The van der Waals surface area contributed by atoms with Crippen LogP contribution in [0.25, 0.3) is 0 Å². The van der Waals surface area contributed by atoms with E-state index in [4.69, 9.17) is 0 Å². The van der Waals surface area contributed by atoms with Crippen LogP contribution in [0.4, 0.5) is 0 Å². The SMILES string of the molecule is Cc1nn(C)c(CCC(C)CBr)c1Br. The first-order chi connectivity index (χ1) is 6.56. The van der Waals surface area contributed by atoms with Gasteiger partial charge < -0.3 is 0 Å². The molecule has 80 valence electrons. The third-order valence-corrected chi connectivity index (χ3v) is 4.54. The van der Waals surface area contributed by atoms with Gasteiger partial charge in [-0.3, -0.25) is 4.68 Å². The molecule has 1 unspecified atom stereocenters. The lowest BCUT2D eigenvalue weighted by molar-refractivity contribution is 0.574. The van der Waals surface area contributed by atoms with Gasteiger partial charge in [-0.15, -0.1) is 0 Å². The summed E-state index contributed by atoms with van der Waals surface area (Å²) in [6.45, 7) is 4.29. The molecule has 0 spiro atoms. The highest BCUT2D eigenvalue weighted by Crippen LogP contribution is 2.22. The van der Waals surface area contributed by atoms with Crippen LogP contribution >= 0.6 is 31.9 Å². The van der Waals surface area contributed by atoms with E-state index >= 15 is 0 Å². The van der Waals surface area contributed by atoms with Gasteiger partial charge in [0.15, 0.2) is 0 Å². The van der Waals surface area contributed by atoms with Gasteiger partial charge in [0.05, 0.1) is 15.9 Å². The molecule has 0 saturated carbocycles. The van der Waals surface area contributed by atoms with Gasteiger partial charge >= 0.3 is 0 Å². The van der Waals surface area contributed by atoms with Crippen LogP contribution in [0, 0.1) is 12.8 Å². The highest BCUT2D eigenvalue weighted by atomic mass is 79.9. The second-order valence-corrected chi connectivity index (χ2v) is 5.21. The molecule has 0 aliphatic heterocycles. The van der Waals surface area contributed by atoms with Crippen molar-refractivity contribution in [2.75, 3.05) is 5.33 Å². The fraction of sp³-hybridized carbons (Fsp3) is 0.700. The molecule has 0 amide bonds. The number of aromatic nitrogens is 2. The number of halogens is 2. The molecule has 0 fully saturated rings. The van der Waals surface area contributed by atoms with Crippen LogP contribution in [-0.4, -0.2) is 15.1 Å². The molecule has 0 bridgehead atoms. The van der Waals surface area contributed by atoms with Crippen molar-refractivity contribution in [2.45, 2.75) is 26.7 Å². The molecule has 0 saturated heterocycles. The van der Waals surface area contributed by atoms with E-state index < -0.39 is 0 Å². The maximum Gasteiger partial charge on any atom is 0.0738 e. The molecule has 0 N–H and O–H groups in total. The molecule has 1 rings (SSSR count). The Hall–Kier alpha value is 0.170. The lowest BCUT2D eigenvalue weighted by atomic mass is 10.1. The summed E-state index contributed by atoms with van der Waals surface area (Å²) in [6.07, 6.45) is 2.29. The lowest BCUT2D eigenvalue weighted by Crippen LogP contribution is -2.03. The third kappa shape index (κ3) is 2.83. The molecule has 1 atom stereocenters. The zero-order valence-corrected chi connectivity index (χ0v) is 12.0. The summed E-state index contributed by atoms with van der Waals surface area (Å²) >= 11 is 7.07. The molecule has 4 heteroatoms. The maximum absolute atomic E-state index is 4.37. The summed E-state index contributed by atoms with van der Waals surface area (Å²) in [5.74, 6) is 0.720. The fourth-order valence-corrected chi connectivity index (χ4v) is 2.27. The minimum Gasteiger partial charge on any atom is -0.271 e. The first-order valence-corrected chi connectivity index (χ1v) is 6.71. The topological polar surface area (TPSA) is 17.8 Å². The smallest absolute Gasteiger partial charge is 0.0738 e. The van der Waals surface area contributed by atoms with Crippen LogP contribution in [0.2, 0.25) is 0 Å². The lowest BCUT2D eigenvalue weighted by Gasteiger charge is -2.07. The predicted octanol–water partition coefficient (Wildman–Crippen LogP) is 3.45. The molecule has 2 nitrogen and oxygen atoms in total. The Morgan fingerprint density at radius 1 is 1.50 bits per heavy atom. The number of hydrogen-bond donors (Lipinski definition) is 0. The van der Waals surface area contributed by atoms with Crippen molar-refractivity contribution in [3.8, 4) is 0 Å². The van der Waals surface area contributed by atoms with E-state index in [1.807, 2.05) is 18.7 Å². The van der Waals surface area contributed by atoms with E-state index in [0.717, 1.165) is 23.4 Å². The Labute approximate surface area is 102 Å². The average Bonchev–Trinajstić information content (AvgIpc) is 2.39. The van der Waals surface area contributed by atoms with Crippen molar-refractivity contribution in [1.82, 2.24) is 9.78 Å². The second-order valence-electron chi connectivity index (χ2n) is 3.77. The minimum absolute atomic E-state index is 0.720. The Bertz CT molecular complexity index is 307. The summed E-state index contributed by atoms with van der Waals surface area (Å²) in [5, 5.41) is 5.44. The molecular weight excluding hydrogens is 308 g/mol. The molecule has 0 aromatic carbocycles. The zero-order chi connectivity index (χ0) is 10.7. The number of aryl methyl sites for hydroxylation is 2. The van der Waals surface area contributed by atoms with E-state index in [1.54, 1.807) is 0 Å². The fourth-order valence-electron chi connectivity index (χ4n) is 1.41. The first-order valence-electron chi connectivity index (χ1n) is 4.80. The van der Waals surface area contributed by atoms with Gasteiger partial charge in [-0.25, -0.2) is 0 Å². The van der Waals surface area contributed by atoms with Crippen molar-refractivity contribution < 1.29 is 0 Å². The number of alkyl halides is 1. The summed E-state index contributed by atoms with van der Waals surface area (Å²) in [5.41, 5.74) is 2.38. The predicted molar refractivity (Wildman–Crippen MR) is 66.9 cm³/mol. The third-order valence-electron chi connectivity index (χ3n) is 2.40. The van der Waals surface area contributed by atoms with Crippen LogP contribution in [0.3, 0.4) is 0 Å². The quantitative estimate of drug-likeness (QED) is 0.776. The standard InChI is InChI=1S/C10H16Br2N2/c1-7(6-11)4-5-9-10(12)8(2)13-14(9)3/h7H,4-6H2,1-3H3. The van der Waals surface area contributed by atoms with Crippen LogP contribution in [0.1, 0.15) is 24.7 Å². The Morgan fingerprint density at radius 3 is 2.57 bits per heavy atom. The molecule has 0 aliphatic carbocycles. The van der Waals surface area contributed by atoms with Gasteiger partial charge in [0.25, 0.3) is 0 Å². The maximum atomic E-state index is 4.37. The molecule has 0 aliphatic rings. The number of rotatable bonds is 4. The van der Waals surface area contributed by atoms with Crippen LogP contribution in [-0.2, 0) is 13.5 Å². The van der Waals surface area contributed by atoms with Gasteiger partial charge in [-0.05, 0) is 41.6 Å². The molecule has 1 heterocycles. The molecule has 1 aromatic rings.